The Morgan fingerprint density at radius 2 is 2.09 bits per heavy atom. The smallest absolute Gasteiger partial charge is 0.340 e. The number of halogens is 1. The summed E-state index contributed by atoms with van der Waals surface area (Å²) in [7, 11) is 0. The number of benzene rings is 1. The van der Waals surface area contributed by atoms with Gasteiger partial charge >= 0.3 is 5.97 Å². The molecule has 2 aromatic rings. The number of aryl methyl sites for hydroxylation is 1. The van der Waals surface area contributed by atoms with Gasteiger partial charge in [0.1, 0.15) is 0 Å². The number of aromatic nitrogens is 1. The SMILES string of the molecule is Cc1ccc(C(=O)OCC(=O)NC(C)c2cccc(Cl)c2)cn1. The van der Waals surface area contributed by atoms with Crippen LogP contribution in [0, 0.1) is 6.92 Å². The van der Waals surface area contributed by atoms with Crippen molar-refractivity contribution >= 4 is 23.5 Å². The summed E-state index contributed by atoms with van der Waals surface area (Å²) in [4.78, 5) is 27.7. The lowest BCUT2D eigenvalue weighted by Crippen LogP contribution is -2.31. The average Bonchev–Trinajstić information content (AvgIpc) is 2.53. The number of hydrogen-bond donors (Lipinski definition) is 1. The number of amides is 1. The molecule has 1 N–H and O–H groups in total. The van der Waals surface area contributed by atoms with Crippen molar-refractivity contribution in [2.45, 2.75) is 19.9 Å². The fourth-order valence-corrected chi connectivity index (χ4v) is 2.14. The van der Waals surface area contributed by atoms with Crippen LogP contribution in [0.5, 0.6) is 0 Å². The van der Waals surface area contributed by atoms with E-state index in [1.807, 2.05) is 26.0 Å². The first-order chi connectivity index (χ1) is 11.0. The predicted molar refractivity (Wildman–Crippen MR) is 87.3 cm³/mol. The van der Waals surface area contributed by atoms with E-state index >= 15 is 0 Å². The summed E-state index contributed by atoms with van der Waals surface area (Å²) in [5.41, 5.74) is 1.99. The van der Waals surface area contributed by atoms with Crippen molar-refractivity contribution in [3.05, 3.63) is 64.4 Å². The second-order valence-corrected chi connectivity index (χ2v) is 5.55. The maximum atomic E-state index is 11.9. The zero-order valence-corrected chi connectivity index (χ0v) is 13.6. The first-order valence-corrected chi connectivity index (χ1v) is 7.48. The van der Waals surface area contributed by atoms with E-state index in [1.165, 1.54) is 6.20 Å². The van der Waals surface area contributed by atoms with E-state index in [4.69, 9.17) is 16.3 Å². The van der Waals surface area contributed by atoms with Crippen LogP contribution < -0.4 is 5.32 Å². The van der Waals surface area contributed by atoms with Gasteiger partial charge in [-0.05, 0) is 43.7 Å². The molecule has 0 spiro atoms. The van der Waals surface area contributed by atoms with Crippen molar-refractivity contribution in [2.24, 2.45) is 0 Å². The highest BCUT2D eigenvalue weighted by Gasteiger charge is 2.13. The van der Waals surface area contributed by atoms with E-state index in [1.54, 1.807) is 24.3 Å². The molecule has 0 saturated heterocycles. The Morgan fingerprint density at radius 1 is 1.30 bits per heavy atom. The number of nitrogens with one attached hydrogen (secondary N) is 1. The molecule has 1 aromatic heterocycles. The monoisotopic (exact) mass is 332 g/mol. The number of ether oxygens (including phenoxy) is 1. The van der Waals surface area contributed by atoms with Gasteiger partial charge in [0.15, 0.2) is 6.61 Å². The molecule has 1 heterocycles. The van der Waals surface area contributed by atoms with Crippen molar-refractivity contribution < 1.29 is 14.3 Å². The molecule has 2 rings (SSSR count). The Hall–Kier alpha value is -2.40. The van der Waals surface area contributed by atoms with Crippen LogP contribution in [0.25, 0.3) is 0 Å². The molecule has 1 atom stereocenters. The topological polar surface area (TPSA) is 68.3 Å². The minimum absolute atomic E-state index is 0.235. The number of pyridine rings is 1. The Morgan fingerprint density at radius 3 is 2.74 bits per heavy atom. The number of nitrogens with zero attached hydrogens (tertiary/aromatic N) is 1. The average molecular weight is 333 g/mol. The molecule has 0 fully saturated rings. The highest BCUT2D eigenvalue weighted by molar-refractivity contribution is 6.30. The summed E-state index contributed by atoms with van der Waals surface area (Å²) in [6.45, 7) is 3.30. The maximum Gasteiger partial charge on any atom is 0.340 e. The fraction of sp³-hybridized carbons (Fsp3) is 0.235. The van der Waals surface area contributed by atoms with Crippen LogP contribution in [0.4, 0.5) is 0 Å². The summed E-state index contributed by atoms with van der Waals surface area (Å²) >= 11 is 5.92. The number of carbonyl (C=O) groups is 2. The third-order valence-corrected chi connectivity index (χ3v) is 3.44. The zero-order chi connectivity index (χ0) is 16.8. The van der Waals surface area contributed by atoms with Gasteiger partial charge in [-0.2, -0.15) is 0 Å². The molecule has 23 heavy (non-hydrogen) atoms. The summed E-state index contributed by atoms with van der Waals surface area (Å²) < 4.78 is 4.97. The number of carbonyl (C=O) groups excluding carboxylic acids is 2. The van der Waals surface area contributed by atoms with Crippen molar-refractivity contribution in [3.63, 3.8) is 0 Å². The predicted octanol–water partition coefficient (Wildman–Crippen LogP) is 3.08. The Kier molecular flexibility index (Phi) is 5.71. The van der Waals surface area contributed by atoms with Crippen molar-refractivity contribution in [1.29, 1.82) is 0 Å². The molecule has 120 valence electrons. The van der Waals surface area contributed by atoms with Gasteiger partial charge in [0, 0.05) is 16.9 Å². The fourth-order valence-electron chi connectivity index (χ4n) is 1.95. The van der Waals surface area contributed by atoms with Crippen LogP contribution in [0.3, 0.4) is 0 Å². The van der Waals surface area contributed by atoms with E-state index < -0.39 is 5.97 Å². The van der Waals surface area contributed by atoms with Gasteiger partial charge in [0.05, 0.1) is 11.6 Å². The summed E-state index contributed by atoms with van der Waals surface area (Å²) in [5.74, 6) is -0.964. The van der Waals surface area contributed by atoms with Gasteiger partial charge in [0.2, 0.25) is 0 Å². The quantitative estimate of drug-likeness (QED) is 0.854. The van der Waals surface area contributed by atoms with E-state index in [9.17, 15) is 9.59 Å². The third-order valence-electron chi connectivity index (χ3n) is 3.21. The van der Waals surface area contributed by atoms with Gasteiger partial charge in [0.25, 0.3) is 5.91 Å². The molecule has 1 unspecified atom stereocenters. The van der Waals surface area contributed by atoms with Gasteiger partial charge in [-0.3, -0.25) is 9.78 Å². The maximum absolute atomic E-state index is 11.9. The minimum atomic E-state index is -0.581. The minimum Gasteiger partial charge on any atom is -0.452 e. The van der Waals surface area contributed by atoms with E-state index in [2.05, 4.69) is 10.3 Å². The molecular weight excluding hydrogens is 316 g/mol. The lowest BCUT2D eigenvalue weighted by atomic mass is 10.1. The van der Waals surface area contributed by atoms with Crippen LogP contribution >= 0.6 is 11.6 Å². The van der Waals surface area contributed by atoms with Crippen LogP contribution in [0.2, 0.25) is 5.02 Å². The molecule has 0 aliphatic heterocycles. The highest BCUT2D eigenvalue weighted by Crippen LogP contribution is 2.17. The molecular formula is C17H17ClN2O3. The van der Waals surface area contributed by atoms with Gasteiger partial charge in [-0.25, -0.2) is 4.79 Å². The molecule has 0 aliphatic carbocycles. The van der Waals surface area contributed by atoms with Crippen molar-refractivity contribution in [3.8, 4) is 0 Å². The van der Waals surface area contributed by atoms with Gasteiger partial charge in [-0.1, -0.05) is 23.7 Å². The normalized spacial score (nSPS) is 11.6. The number of hydrogen-bond acceptors (Lipinski definition) is 4. The molecule has 6 heteroatoms. The second-order valence-electron chi connectivity index (χ2n) is 5.11. The Bertz CT molecular complexity index is 701. The van der Waals surface area contributed by atoms with E-state index in [-0.39, 0.29) is 18.6 Å². The number of esters is 1. The molecule has 0 saturated carbocycles. The summed E-state index contributed by atoms with van der Waals surface area (Å²) in [6, 6.07) is 10.3. The van der Waals surface area contributed by atoms with Crippen molar-refractivity contribution in [1.82, 2.24) is 10.3 Å². The Balaban J connectivity index is 1.85. The van der Waals surface area contributed by atoms with Crippen LogP contribution in [-0.4, -0.2) is 23.5 Å². The second kappa shape index (κ2) is 7.74. The molecule has 1 aromatic carbocycles. The zero-order valence-electron chi connectivity index (χ0n) is 12.9. The highest BCUT2D eigenvalue weighted by atomic mass is 35.5. The van der Waals surface area contributed by atoms with Crippen LogP contribution in [0.1, 0.15) is 34.6 Å². The van der Waals surface area contributed by atoms with Gasteiger partial charge < -0.3 is 10.1 Å². The molecule has 1 amide bonds. The lowest BCUT2D eigenvalue weighted by molar-refractivity contribution is -0.124. The van der Waals surface area contributed by atoms with E-state index in [0.717, 1.165) is 11.3 Å². The molecule has 0 radical (unpaired) electrons. The molecule has 0 aliphatic rings. The molecule has 0 bridgehead atoms. The van der Waals surface area contributed by atoms with Gasteiger partial charge in [-0.15, -0.1) is 0 Å². The molecule has 5 nitrogen and oxygen atoms in total. The standard InChI is InChI=1S/C17H17ClN2O3/c1-11-6-7-14(9-19-11)17(22)23-10-16(21)20-12(2)13-4-3-5-15(18)8-13/h3-9,12H,10H2,1-2H3,(H,20,21). The first-order valence-electron chi connectivity index (χ1n) is 7.10. The largest absolute Gasteiger partial charge is 0.452 e. The Labute approximate surface area is 139 Å². The third kappa shape index (κ3) is 5.07. The van der Waals surface area contributed by atoms with Crippen LogP contribution in [0.15, 0.2) is 42.6 Å². The number of rotatable bonds is 5. The summed E-state index contributed by atoms with van der Waals surface area (Å²) in [6.07, 6.45) is 1.42. The summed E-state index contributed by atoms with van der Waals surface area (Å²) in [5, 5.41) is 3.35. The lowest BCUT2D eigenvalue weighted by Gasteiger charge is -2.14. The van der Waals surface area contributed by atoms with Crippen molar-refractivity contribution in [2.75, 3.05) is 6.61 Å². The van der Waals surface area contributed by atoms with E-state index in [0.29, 0.717) is 10.6 Å². The first kappa shape index (κ1) is 17.0. The van der Waals surface area contributed by atoms with Crippen LogP contribution in [-0.2, 0) is 9.53 Å².